The molecule has 0 aliphatic carbocycles. The summed E-state index contributed by atoms with van der Waals surface area (Å²) in [6.07, 6.45) is 4.19. The number of rotatable bonds is 2. The summed E-state index contributed by atoms with van der Waals surface area (Å²) in [5, 5.41) is 0. The molecule has 1 aromatic rings. The molecule has 0 unspecified atom stereocenters. The van der Waals surface area contributed by atoms with Gasteiger partial charge in [0, 0.05) is 6.54 Å². The molecule has 166 valence electrons. The maximum Gasteiger partial charge on any atom is 1.00 e. The molecule has 0 aromatic heterocycles. The molecule has 1 nitrogen and oxygen atoms in total. The minimum atomic E-state index is -6.00. The zero-order chi connectivity index (χ0) is 22.4. The van der Waals surface area contributed by atoms with Gasteiger partial charge in [-0.05, 0) is 31.5 Å². The second-order valence-electron chi connectivity index (χ2n) is 5.31. The van der Waals surface area contributed by atoms with Crippen LogP contribution < -0.4 is 154 Å². The van der Waals surface area contributed by atoms with Crippen molar-refractivity contribution in [3.63, 3.8) is 0 Å². The molecule has 1 fully saturated rings. The predicted molar refractivity (Wildman–Crippen MR) is 86.1 cm³/mol. The van der Waals surface area contributed by atoms with Gasteiger partial charge in [-0.15, -0.1) is 0 Å². The van der Waals surface area contributed by atoms with Crippen LogP contribution in [0.2, 0.25) is 0 Å². The quantitative estimate of drug-likeness (QED) is 0.292. The molecule has 19 heteroatoms. The summed E-state index contributed by atoms with van der Waals surface area (Å²) in [7, 11) is -18.0. The molecule has 0 N–H and O–H groups in total. The molecule has 1 saturated heterocycles. The van der Waals surface area contributed by atoms with Gasteiger partial charge in [-0.1, -0.05) is 36.8 Å². The Morgan fingerprint density at radius 2 is 0.839 bits per heavy atom. The van der Waals surface area contributed by atoms with Gasteiger partial charge in [0.05, 0.1) is 0 Å². The molecule has 0 radical (unpaired) electrons. The minimum absolute atomic E-state index is 0. The summed E-state index contributed by atoms with van der Waals surface area (Å²) in [5.74, 6) is 0. The topological polar surface area (TPSA) is 3.24 Å². The van der Waals surface area contributed by atoms with Crippen molar-refractivity contribution in [1.29, 1.82) is 0 Å². The summed E-state index contributed by atoms with van der Waals surface area (Å²) < 4.78 is 117. The van der Waals surface area contributed by atoms with E-state index in [9.17, 15) is 51.8 Å². The molecular weight excluding hydrogens is 536 g/mol. The minimum Gasteiger partial charge on any atom is -0.418 e. The van der Waals surface area contributed by atoms with Gasteiger partial charge in [-0.25, -0.2) is 0 Å². The van der Waals surface area contributed by atoms with Crippen LogP contribution in [-0.2, 0) is 6.54 Å². The molecule has 0 atom stereocenters. The van der Waals surface area contributed by atoms with Crippen LogP contribution >= 0.6 is 0 Å². The molecule has 1 heterocycles. The van der Waals surface area contributed by atoms with Crippen LogP contribution in [0, 0.1) is 0 Å². The van der Waals surface area contributed by atoms with E-state index in [1.807, 2.05) is 0 Å². The molecule has 0 bridgehead atoms. The molecule has 0 spiro atoms. The maximum atomic E-state index is 9.75. The summed E-state index contributed by atoms with van der Waals surface area (Å²) in [5.41, 5.74) is 1.45. The molecule has 0 amide bonds. The van der Waals surface area contributed by atoms with Crippen LogP contribution in [0.5, 0.6) is 0 Å². The Labute approximate surface area is 301 Å². The van der Waals surface area contributed by atoms with E-state index >= 15 is 0 Å². The van der Waals surface area contributed by atoms with E-state index in [-0.39, 0.29) is 154 Å². The van der Waals surface area contributed by atoms with Gasteiger partial charge in [-0.2, -0.15) is 0 Å². The molecular formula is C12H17B3F12K3N. The first kappa shape index (κ1) is 44.4. The summed E-state index contributed by atoms with van der Waals surface area (Å²) in [4.78, 5) is 2.55. The first-order valence-electron chi connectivity index (χ1n) is 7.83. The van der Waals surface area contributed by atoms with E-state index in [1.54, 1.807) is 0 Å². The Balaban J connectivity index is -0.000000107. The van der Waals surface area contributed by atoms with Crippen molar-refractivity contribution in [2.24, 2.45) is 0 Å². The first-order chi connectivity index (χ1) is 12.4. The van der Waals surface area contributed by atoms with E-state index < -0.39 is 21.8 Å². The zero-order valence-electron chi connectivity index (χ0n) is 17.3. The van der Waals surface area contributed by atoms with Crippen molar-refractivity contribution in [1.82, 2.24) is 4.90 Å². The van der Waals surface area contributed by atoms with Crippen molar-refractivity contribution in [2.75, 3.05) is 13.1 Å². The Hall–Kier alpha value is 3.44. The van der Waals surface area contributed by atoms with Crippen molar-refractivity contribution in [2.45, 2.75) is 25.8 Å². The zero-order valence-corrected chi connectivity index (χ0v) is 26.7. The monoisotopic (exact) mass is 553 g/mol. The molecule has 1 aliphatic heterocycles. The largest absolute Gasteiger partial charge is 1.00 e. The van der Waals surface area contributed by atoms with Gasteiger partial charge in [0.25, 0.3) is 0 Å². The number of likely N-dealkylation sites (tertiary alicyclic amines) is 1. The third kappa shape index (κ3) is 60.2. The number of hydrogen-bond acceptors (Lipinski definition) is 1. The Kier molecular flexibility index (Phi) is 34.1. The molecule has 0 saturated carbocycles. The van der Waals surface area contributed by atoms with Gasteiger partial charge in [0.1, 0.15) is 0 Å². The van der Waals surface area contributed by atoms with Gasteiger partial charge in [0.2, 0.25) is 0 Å². The van der Waals surface area contributed by atoms with Crippen molar-refractivity contribution in [3.05, 3.63) is 35.9 Å². The smallest absolute Gasteiger partial charge is 0.418 e. The normalized spacial score (nSPS) is 13.7. The Morgan fingerprint density at radius 1 is 0.548 bits per heavy atom. The standard InChI is InChI=1S/C12H17N.3BF4.3K/c1-3-7-12(8-4-1)11-13-9-5-2-6-10-13;3*2-1(3,4)5;;;/h1,3-4,7-8H,2,5-6,9-11H2;;;;;;/q;3*-1;3*+1. The summed E-state index contributed by atoms with van der Waals surface area (Å²) in [6, 6.07) is 10.8. The first-order valence-corrected chi connectivity index (χ1v) is 7.83. The molecule has 1 aromatic carbocycles. The third-order valence-corrected chi connectivity index (χ3v) is 2.70. The van der Waals surface area contributed by atoms with Crippen LogP contribution in [0.1, 0.15) is 24.8 Å². The third-order valence-electron chi connectivity index (χ3n) is 2.70. The molecule has 2 rings (SSSR count). The van der Waals surface area contributed by atoms with Crippen molar-refractivity contribution >= 4 is 21.8 Å². The Bertz CT molecular complexity index is 453. The molecule has 1 aliphatic rings. The number of hydrogen-bond donors (Lipinski definition) is 0. The second-order valence-corrected chi connectivity index (χ2v) is 5.31. The maximum absolute atomic E-state index is 9.75. The van der Waals surface area contributed by atoms with Gasteiger partial charge < -0.3 is 51.8 Å². The number of benzene rings is 1. The van der Waals surface area contributed by atoms with Crippen LogP contribution in [0.3, 0.4) is 0 Å². The fourth-order valence-corrected chi connectivity index (χ4v) is 1.96. The average Bonchev–Trinajstić information content (AvgIpc) is 2.44. The summed E-state index contributed by atoms with van der Waals surface area (Å²) >= 11 is 0. The van der Waals surface area contributed by atoms with Crippen LogP contribution in [0.15, 0.2) is 30.3 Å². The average molecular weight is 553 g/mol. The van der Waals surface area contributed by atoms with E-state index in [0.29, 0.717) is 0 Å². The Morgan fingerprint density at radius 3 is 1.13 bits per heavy atom. The van der Waals surface area contributed by atoms with Crippen molar-refractivity contribution < 1.29 is 206 Å². The fraction of sp³-hybridized carbons (Fsp3) is 0.500. The number of halogens is 12. The van der Waals surface area contributed by atoms with Crippen LogP contribution in [0.25, 0.3) is 0 Å². The number of nitrogens with zero attached hydrogens (tertiary/aromatic N) is 1. The van der Waals surface area contributed by atoms with E-state index in [1.165, 1.54) is 37.9 Å². The number of piperidine rings is 1. The predicted octanol–water partition coefficient (Wildman–Crippen LogP) is -2.42. The van der Waals surface area contributed by atoms with Gasteiger partial charge in [0.15, 0.2) is 0 Å². The SMILES string of the molecule is F[B-](F)(F)F.F[B-](F)(F)F.F[B-](F)(F)F.[K+].[K+].[K+].c1ccc(CN2CCCCC2)cc1. The summed E-state index contributed by atoms with van der Waals surface area (Å²) in [6.45, 7) is 3.71. The van der Waals surface area contributed by atoms with Crippen molar-refractivity contribution in [3.8, 4) is 0 Å². The van der Waals surface area contributed by atoms with E-state index in [4.69, 9.17) is 0 Å². The van der Waals surface area contributed by atoms with Gasteiger partial charge in [-0.3, -0.25) is 4.90 Å². The van der Waals surface area contributed by atoms with Crippen LogP contribution in [0.4, 0.5) is 51.8 Å². The molecule has 31 heavy (non-hydrogen) atoms. The fourth-order valence-electron chi connectivity index (χ4n) is 1.96. The van der Waals surface area contributed by atoms with Gasteiger partial charge >= 0.3 is 176 Å². The van der Waals surface area contributed by atoms with E-state index in [0.717, 1.165) is 6.54 Å². The second kappa shape index (κ2) is 23.8. The van der Waals surface area contributed by atoms with E-state index in [2.05, 4.69) is 35.2 Å². The van der Waals surface area contributed by atoms with Crippen LogP contribution in [-0.4, -0.2) is 39.8 Å².